The van der Waals surface area contributed by atoms with E-state index in [1.54, 1.807) is 24.3 Å². The molecule has 0 atom stereocenters. The van der Waals surface area contributed by atoms with E-state index >= 15 is 0 Å². The minimum absolute atomic E-state index is 0.0509. The van der Waals surface area contributed by atoms with E-state index in [4.69, 9.17) is 20.8 Å². The van der Waals surface area contributed by atoms with Crippen LogP contribution in [0.5, 0.6) is 5.75 Å². The lowest BCUT2D eigenvalue weighted by atomic mass is 10.2. The van der Waals surface area contributed by atoms with Crippen molar-refractivity contribution in [3.05, 3.63) is 54.0 Å². The summed E-state index contributed by atoms with van der Waals surface area (Å²) in [5.41, 5.74) is 0.981. The van der Waals surface area contributed by atoms with Gasteiger partial charge in [0.1, 0.15) is 17.4 Å². The van der Waals surface area contributed by atoms with E-state index in [0.717, 1.165) is 17.1 Å². The zero-order valence-corrected chi connectivity index (χ0v) is 12.0. The highest BCUT2D eigenvalue weighted by Crippen LogP contribution is 2.16. The van der Waals surface area contributed by atoms with Gasteiger partial charge in [0.15, 0.2) is 0 Å². The molecule has 1 heterocycles. The average molecular weight is 294 g/mol. The van der Waals surface area contributed by atoms with Crippen LogP contribution in [0.3, 0.4) is 0 Å². The highest BCUT2D eigenvalue weighted by Gasteiger charge is 2.15. The van der Waals surface area contributed by atoms with Crippen LogP contribution >= 0.6 is 11.6 Å². The average Bonchev–Trinajstić information content (AvgIpc) is 2.99. The van der Waals surface area contributed by atoms with Crippen LogP contribution < -0.4 is 4.74 Å². The molecule has 0 aliphatic rings. The van der Waals surface area contributed by atoms with Gasteiger partial charge in [0, 0.05) is 6.54 Å². The molecule has 20 heavy (non-hydrogen) atoms. The van der Waals surface area contributed by atoms with E-state index in [2.05, 4.69) is 0 Å². The Labute approximate surface area is 122 Å². The molecule has 0 N–H and O–H groups in total. The molecule has 2 rings (SSSR count). The molecule has 0 radical (unpaired) electrons. The minimum Gasteiger partial charge on any atom is -0.497 e. The van der Waals surface area contributed by atoms with Gasteiger partial charge >= 0.3 is 0 Å². The van der Waals surface area contributed by atoms with Crippen LogP contribution in [0.1, 0.15) is 11.3 Å². The van der Waals surface area contributed by atoms with Crippen molar-refractivity contribution >= 4 is 17.5 Å². The monoisotopic (exact) mass is 293 g/mol. The lowest BCUT2D eigenvalue weighted by Crippen LogP contribution is -2.30. The zero-order valence-electron chi connectivity index (χ0n) is 11.2. The van der Waals surface area contributed by atoms with Gasteiger partial charge in [-0.15, -0.1) is 11.6 Å². The number of furan rings is 1. The van der Waals surface area contributed by atoms with Crippen molar-refractivity contribution in [1.82, 2.24) is 4.90 Å². The number of alkyl halides is 1. The van der Waals surface area contributed by atoms with Crippen molar-refractivity contribution in [1.29, 1.82) is 0 Å². The normalized spacial score (nSPS) is 10.3. The van der Waals surface area contributed by atoms with E-state index in [-0.39, 0.29) is 11.8 Å². The predicted molar refractivity (Wildman–Crippen MR) is 76.7 cm³/mol. The Morgan fingerprint density at radius 3 is 2.80 bits per heavy atom. The number of halogens is 1. The number of hydrogen-bond acceptors (Lipinski definition) is 3. The number of benzene rings is 1. The summed E-state index contributed by atoms with van der Waals surface area (Å²) < 4.78 is 10.5. The summed E-state index contributed by atoms with van der Waals surface area (Å²) in [5.74, 6) is 1.31. The molecule has 0 fully saturated rings. The summed E-state index contributed by atoms with van der Waals surface area (Å²) in [6.07, 6.45) is 1.59. The SMILES string of the molecule is COc1cccc(CN(Cc2ccco2)C(=O)CCl)c1. The van der Waals surface area contributed by atoms with Gasteiger partial charge in [-0.25, -0.2) is 0 Å². The van der Waals surface area contributed by atoms with Gasteiger partial charge in [0.05, 0.1) is 19.9 Å². The first-order valence-electron chi connectivity index (χ1n) is 6.22. The molecular weight excluding hydrogens is 278 g/mol. The second-order valence-corrected chi connectivity index (χ2v) is 4.58. The molecule has 0 aliphatic heterocycles. The maximum atomic E-state index is 11.9. The van der Waals surface area contributed by atoms with E-state index in [1.165, 1.54) is 0 Å². The highest BCUT2D eigenvalue weighted by molar-refractivity contribution is 6.27. The molecule has 0 bridgehead atoms. The summed E-state index contributed by atoms with van der Waals surface area (Å²) >= 11 is 5.67. The first-order chi connectivity index (χ1) is 9.72. The van der Waals surface area contributed by atoms with Crippen LogP contribution in [-0.2, 0) is 17.9 Å². The number of carbonyl (C=O) groups excluding carboxylic acids is 1. The standard InChI is InChI=1S/C15H16ClNO3/c1-19-13-5-2-4-12(8-13)10-17(15(18)9-16)11-14-6-3-7-20-14/h2-8H,9-11H2,1H3. The molecule has 106 valence electrons. The smallest absolute Gasteiger partial charge is 0.238 e. The van der Waals surface area contributed by atoms with Gasteiger partial charge < -0.3 is 14.1 Å². The molecule has 1 aromatic carbocycles. The Kier molecular flexibility index (Phi) is 5.07. The number of carbonyl (C=O) groups is 1. The Morgan fingerprint density at radius 1 is 1.30 bits per heavy atom. The van der Waals surface area contributed by atoms with E-state index in [0.29, 0.717) is 13.1 Å². The molecule has 0 aliphatic carbocycles. The Hall–Kier alpha value is -1.94. The zero-order chi connectivity index (χ0) is 14.4. The predicted octanol–water partition coefficient (Wildman–Crippen LogP) is 3.06. The van der Waals surface area contributed by atoms with Gasteiger partial charge in [-0.05, 0) is 29.8 Å². The lowest BCUT2D eigenvalue weighted by molar-refractivity contribution is -0.130. The lowest BCUT2D eigenvalue weighted by Gasteiger charge is -2.21. The minimum atomic E-state index is -0.133. The van der Waals surface area contributed by atoms with Gasteiger partial charge in [0.25, 0.3) is 0 Å². The summed E-state index contributed by atoms with van der Waals surface area (Å²) in [6, 6.07) is 11.2. The summed E-state index contributed by atoms with van der Waals surface area (Å²) in [7, 11) is 1.61. The molecule has 0 spiro atoms. The fourth-order valence-electron chi connectivity index (χ4n) is 1.90. The molecule has 1 aromatic heterocycles. The maximum Gasteiger partial charge on any atom is 0.238 e. The first-order valence-corrected chi connectivity index (χ1v) is 6.75. The molecule has 0 saturated carbocycles. The van der Waals surface area contributed by atoms with Gasteiger partial charge in [-0.1, -0.05) is 12.1 Å². The third-order valence-corrected chi connectivity index (χ3v) is 3.13. The number of nitrogens with zero attached hydrogens (tertiary/aromatic N) is 1. The van der Waals surface area contributed by atoms with Crippen LogP contribution in [0, 0.1) is 0 Å². The summed E-state index contributed by atoms with van der Waals surface area (Å²) in [4.78, 5) is 13.6. The largest absolute Gasteiger partial charge is 0.497 e. The van der Waals surface area contributed by atoms with Gasteiger partial charge in [-0.3, -0.25) is 4.79 Å². The number of hydrogen-bond donors (Lipinski definition) is 0. The Balaban J connectivity index is 2.12. The van der Waals surface area contributed by atoms with E-state index in [9.17, 15) is 4.79 Å². The third-order valence-electron chi connectivity index (χ3n) is 2.90. The van der Waals surface area contributed by atoms with Crippen molar-refractivity contribution in [2.75, 3.05) is 13.0 Å². The van der Waals surface area contributed by atoms with Crippen LogP contribution in [0.15, 0.2) is 47.1 Å². The molecule has 0 saturated heterocycles. The topological polar surface area (TPSA) is 42.7 Å². The maximum absolute atomic E-state index is 11.9. The molecular formula is C15H16ClNO3. The van der Waals surface area contributed by atoms with Crippen LogP contribution in [-0.4, -0.2) is 23.8 Å². The number of methoxy groups -OCH3 is 1. The number of amides is 1. The second kappa shape index (κ2) is 7.01. The van der Waals surface area contributed by atoms with Crippen molar-refractivity contribution in [3.63, 3.8) is 0 Å². The molecule has 2 aromatic rings. The number of ether oxygens (including phenoxy) is 1. The van der Waals surface area contributed by atoms with Gasteiger partial charge in [0.2, 0.25) is 5.91 Å². The molecule has 0 unspecified atom stereocenters. The molecule has 5 heteroatoms. The highest BCUT2D eigenvalue weighted by atomic mass is 35.5. The quantitative estimate of drug-likeness (QED) is 0.769. The van der Waals surface area contributed by atoms with Crippen molar-refractivity contribution in [3.8, 4) is 5.75 Å². The van der Waals surface area contributed by atoms with Crippen LogP contribution in [0.25, 0.3) is 0 Å². The van der Waals surface area contributed by atoms with Gasteiger partial charge in [-0.2, -0.15) is 0 Å². The molecule has 4 nitrogen and oxygen atoms in total. The number of rotatable bonds is 6. The Morgan fingerprint density at radius 2 is 2.15 bits per heavy atom. The second-order valence-electron chi connectivity index (χ2n) is 4.31. The molecule has 1 amide bonds. The summed E-state index contributed by atoms with van der Waals surface area (Å²) in [5, 5.41) is 0. The van der Waals surface area contributed by atoms with Crippen molar-refractivity contribution in [2.45, 2.75) is 13.1 Å². The van der Waals surface area contributed by atoms with Crippen molar-refractivity contribution in [2.24, 2.45) is 0 Å². The third kappa shape index (κ3) is 3.78. The van der Waals surface area contributed by atoms with Crippen molar-refractivity contribution < 1.29 is 13.9 Å². The van der Waals surface area contributed by atoms with E-state index < -0.39 is 0 Å². The van der Waals surface area contributed by atoms with E-state index in [1.807, 2.05) is 30.3 Å². The van der Waals surface area contributed by atoms with Crippen LogP contribution in [0.4, 0.5) is 0 Å². The first kappa shape index (κ1) is 14.5. The summed E-state index contributed by atoms with van der Waals surface area (Å²) in [6.45, 7) is 0.860. The Bertz CT molecular complexity index is 554. The fourth-order valence-corrected chi connectivity index (χ4v) is 2.07. The fraction of sp³-hybridized carbons (Fsp3) is 0.267. The van der Waals surface area contributed by atoms with Crippen LogP contribution in [0.2, 0.25) is 0 Å².